The molecule has 0 spiro atoms. The van der Waals surface area contributed by atoms with Gasteiger partial charge in [-0.05, 0) is 6.92 Å². The first kappa shape index (κ1) is 8.68. The van der Waals surface area contributed by atoms with Crippen LogP contribution in [0.5, 0.6) is 0 Å². The van der Waals surface area contributed by atoms with Gasteiger partial charge in [-0.3, -0.25) is 5.41 Å². The lowest BCUT2D eigenvalue weighted by Gasteiger charge is -2.02. The molecule has 0 radical (unpaired) electrons. The van der Waals surface area contributed by atoms with Crippen LogP contribution in [0.4, 0.5) is 0 Å². The van der Waals surface area contributed by atoms with Crippen LogP contribution in [0, 0.1) is 5.41 Å². The highest BCUT2D eigenvalue weighted by atomic mass is 15.1. The summed E-state index contributed by atoms with van der Waals surface area (Å²) in [7, 11) is 0. The summed E-state index contributed by atoms with van der Waals surface area (Å²) in [6, 6.07) is 0. The van der Waals surface area contributed by atoms with E-state index in [-0.39, 0.29) is 5.49 Å². The van der Waals surface area contributed by atoms with E-state index in [0.717, 1.165) is 12.2 Å². The SMILES string of the molecule is C/C=C/Cn1cnc(=N)c2[nH]cnc21. The minimum Gasteiger partial charge on any atom is -0.340 e. The minimum atomic E-state index is 0.231. The lowest BCUT2D eigenvalue weighted by atomic mass is 10.4. The van der Waals surface area contributed by atoms with Crippen molar-refractivity contribution in [2.75, 3.05) is 0 Å². The van der Waals surface area contributed by atoms with Crippen LogP contribution in [0.3, 0.4) is 0 Å². The lowest BCUT2D eigenvalue weighted by molar-refractivity contribution is 0.802. The van der Waals surface area contributed by atoms with Crippen LogP contribution in [0.15, 0.2) is 24.8 Å². The molecule has 0 aliphatic heterocycles. The van der Waals surface area contributed by atoms with E-state index in [1.807, 2.05) is 23.6 Å². The summed E-state index contributed by atoms with van der Waals surface area (Å²) < 4.78 is 1.89. The van der Waals surface area contributed by atoms with Crippen molar-refractivity contribution < 1.29 is 0 Å². The van der Waals surface area contributed by atoms with Gasteiger partial charge in [0.1, 0.15) is 5.52 Å². The largest absolute Gasteiger partial charge is 0.340 e. The van der Waals surface area contributed by atoms with Crippen molar-refractivity contribution >= 4 is 11.2 Å². The number of H-pyrrole nitrogens is 1. The topological polar surface area (TPSA) is 70.3 Å². The van der Waals surface area contributed by atoms with E-state index in [9.17, 15) is 0 Å². The molecule has 0 aliphatic carbocycles. The van der Waals surface area contributed by atoms with Crippen molar-refractivity contribution in [1.29, 1.82) is 5.41 Å². The van der Waals surface area contributed by atoms with E-state index < -0.39 is 0 Å². The van der Waals surface area contributed by atoms with Gasteiger partial charge >= 0.3 is 0 Å². The summed E-state index contributed by atoms with van der Waals surface area (Å²) in [6.45, 7) is 2.69. The fourth-order valence-electron chi connectivity index (χ4n) is 1.28. The summed E-state index contributed by atoms with van der Waals surface area (Å²) in [6.07, 6.45) is 7.20. The van der Waals surface area contributed by atoms with Gasteiger partial charge in [-0.1, -0.05) is 12.2 Å². The number of aromatic amines is 1. The average Bonchev–Trinajstić information content (AvgIpc) is 2.66. The summed E-state index contributed by atoms with van der Waals surface area (Å²) in [5.74, 6) is 0. The molecule has 0 saturated heterocycles. The second-order valence-corrected chi connectivity index (χ2v) is 2.92. The van der Waals surface area contributed by atoms with Crippen LogP contribution in [0.25, 0.3) is 11.2 Å². The van der Waals surface area contributed by atoms with Crippen molar-refractivity contribution in [3.8, 4) is 0 Å². The Morgan fingerprint density at radius 3 is 3.21 bits per heavy atom. The predicted octanol–water partition coefficient (Wildman–Crippen LogP) is 0.815. The number of nitrogens with one attached hydrogen (secondary N) is 2. The molecule has 0 aromatic carbocycles. The lowest BCUT2D eigenvalue weighted by Crippen LogP contribution is -2.12. The van der Waals surface area contributed by atoms with Crippen LogP contribution in [-0.2, 0) is 6.54 Å². The van der Waals surface area contributed by atoms with Gasteiger partial charge in [0, 0.05) is 6.54 Å². The molecule has 2 N–H and O–H groups in total. The Balaban J connectivity index is 2.60. The highest BCUT2D eigenvalue weighted by Gasteiger charge is 2.01. The predicted molar refractivity (Wildman–Crippen MR) is 52.5 cm³/mol. The molecule has 2 aromatic rings. The van der Waals surface area contributed by atoms with E-state index in [1.165, 1.54) is 0 Å². The highest BCUT2D eigenvalue weighted by Crippen LogP contribution is 2.02. The quantitative estimate of drug-likeness (QED) is 0.686. The Morgan fingerprint density at radius 2 is 2.43 bits per heavy atom. The monoisotopic (exact) mass is 189 g/mol. The van der Waals surface area contributed by atoms with Crippen LogP contribution in [0.2, 0.25) is 0 Å². The fraction of sp³-hybridized carbons (Fsp3) is 0.222. The van der Waals surface area contributed by atoms with E-state index >= 15 is 0 Å². The van der Waals surface area contributed by atoms with E-state index in [4.69, 9.17) is 5.41 Å². The molecule has 0 aliphatic rings. The number of hydrogen-bond donors (Lipinski definition) is 2. The van der Waals surface area contributed by atoms with Gasteiger partial charge in [0.15, 0.2) is 11.1 Å². The Morgan fingerprint density at radius 1 is 1.57 bits per heavy atom. The van der Waals surface area contributed by atoms with Gasteiger partial charge in [-0.2, -0.15) is 0 Å². The van der Waals surface area contributed by atoms with E-state index in [1.54, 1.807) is 12.7 Å². The standard InChI is InChI=1S/C9H11N5/c1-2-3-4-14-6-13-8(10)7-9(14)12-5-11-7/h2-3,5-6,10H,4H2,1H3,(H,11,12)/b3-2+,10-8?. The first-order valence-electron chi connectivity index (χ1n) is 4.37. The first-order valence-corrected chi connectivity index (χ1v) is 4.37. The van der Waals surface area contributed by atoms with Crippen LogP contribution in [0.1, 0.15) is 6.92 Å². The van der Waals surface area contributed by atoms with Crippen LogP contribution < -0.4 is 5.49 Å². The molecule has 2 heterocycles. The fourth-order valence-corrected chi connectivity index (χ4v) is 1.28. The molecule has 0 saturated carbocycles. The van der Waals surface area contributed by atoms with Gasteiger partial charge < -0.3 is 9.55 Å². The molecule has 0 unspecified atom stereocenters. The maximum atomic E-state index is 7.54. The molecule has 0 fully saturated rings. The molecular weight excluding hydrogens is 178 g/mol. The summed E-state index contributed by atoms with van der Waals surface area (Å²) in [5, 5.41) is 7.54. The van der Waals surface area contributed by atoms with Crippen molar-refractivity contribution in [3.05, 3.63) is 30.3 Å². The van der Waals surface area contributed by atoms with Gasteiger partial charge in [0.05, 0.1) is 12.7 Å². The molecular formula is C9H11N5. The number of rotatable bonds is 2. The van der Waals surface area contributed by atoms with Crippen molar-refractivity contribution in [3.63, 3.8) is 0 Å². The molecule has 2 aromatic heterocycles. The van der Waals surface area contributed by atoms with E-state index in [0.29, 0.717) is 5.52 Å². The zero-order valence-electron chi connectivity index (χ0n) is 7.86. The second kappa shape index (κ2) is 3.45. The van der Waals surface area contributed by atoms with E-state index in [2.05, 4.69) is 15.0 Å². The van der Waals surface area contributed by atoms with Crippen LogP contribution >= 0.6 is 0 Å². The first-order chi connectivity index (χ1) is 6.83. The van der Waals surface area contributed by atoms with Gasteiger partial charge in [0.2, 0.25) is 0 Å². The number of allylic oxidation sites excluding steroid dienone is 2. The highest BCUT2D eigenvalue weighted by molar-refractivity contribution is 5.68. The number of imidazole rings is 1. The molecule has 5 nitrogen and oxygen atoms in total. The Hall–Kier alpha value is -1.91. The molecule has 5 heteroatoms. The second-order valence-electron chi connectivity index (χ2n) is 2.92. The van der Waals surface area contributed by atoms with Crippen molar-refractivity contribution in [2.45, 2.75) is 13.5 Å². The maximum Gasteiger partial charge on any atom is 0.173 e. The summed E-state index contributed by atoms with van der Waals surface area (Å²) in [4.78, 5) is 11.0. The Kier molecular flexibility index (Phi) is 2.14. The van der Waals surface area contributed by atoms with Crippen molar-refractivity contribution in [1.82, 2.24) is 19.5 Å². The van der Waals surface area contributed by atoms with Crippen LogP contribution in [-0.4, -0.2) is 19.5 Å². The third-order valence-corrected chi connectivity index (χ3v) is 1.99. The maximum absolute atomic E-state index is 7.54. The summed E-state index contributed by atoms with van der Waals surface area (Å²) >= 11 is 0. The van der Waals surface area contributed by atoms with Gasteiger partial charge in [0.25, 0.3) is 0 Å². The normalized spacial score (nSPS) is 11.5. The number of hydrogen-bond acceptors (Lipinski definition) is 3. The minimum absolute atomic E-state index is 0.231. The van der Waals surface area contributed by atoms with Gasteiger partial charge in [-0.15, -0.1) is 0 Å². The summed E-state index contributed by atoms with van der Waals surface area (Å²) in [5.41, 5.74) is 1.68. The third-order valence-electron chi connectivity index (χ3n) is 1.99. The Labute approximate surface area is 80.6 Å². The number of fused-ring (bicyclic) bond motifs is 1. The number of aromatic nitrogens is 4. The average molecular weight is 189 g/mol. The molecule has 72 valence electrons. The Bertz CT molecular complexity index is 519. The zero-order chi connectivity index (χ0) is 9.97. The molecule has 0 bridgehead atoms. The van der Waals surface area contributed by atoms with Gasteiger partial charge in [-0.25, -0.2) is 9.97 Å². The molecule has 0 atom stereocenters. The molecule has 14 heavy (non-hydrogen) atoms. The molecule has 2 rings (SSSR count). The third kappa shape index (κ3) is 1.32. The van der Waals surface area contributed by atoms with Crippen molar-refractivity contribution in [2.24, 2.45) is 0 Å². The molecule has 0 amide bonds. The smallest absolute Gasteiger partial charge is 0.173 e. The zero-order valence-corrected chi connectivity index (χ0v) is 7.86. The number of nitrogens with zero attached hydrogens (tertiary/aromatic N) is 3.